The van der Waals surface area contributed by atoms with Crippen molar-refractivity contribution in [2.24, 2.45) is 5.92 Å². The van der Waals surface area contributed by atoms with Crippen molar-refractivity contribution < 1.29 is 0 Å². The molecule has 4 rings (SSSR count). The van der Waals surface area contributed by atoms with E-state index >= 15 is 0 Å². The highest BCUT2D eigenvalue weighted by Crippen LogP contribution is 2.29. The smallest absolute Gasteiger partial charge is 0.229 e. The zero-order chi connectivity index (χ0) is 19.5. The minimum Gasteiger partial charge on any atom is -0.346 e. The first-order valence-electron chi connectivity index (χ1n) is 10.8. The number of anilines is 2. The molecule has 1 saturated carbocycles. The third kappa shape index (κ3) is 4.05. The molecular weight excluding hydrogens is 348 g/mol. The van der Waals surface area contributed by atoms with Crippen molar-refractivity contribution in [3.05, 3.63) is 29.8 Å². The summed E-state index contributed by atoms with van der Waals surface area (Å²) in [5, 5.41) is 9.00. The van der Waals surface area contributed by atoms with Crippen LogP contribution in [0.4, 0.5) is 11.6 Å². The molecule has 0 spiro atoms. The van der Waals surface area contributed by atoms with Crippen molar-refractivity contribution in [2.75, 3.05) is 5.32 Å². The first kappa shape index (κ1) is 19.0. The molecular formula is C22H32N6. The Morgan fingerprint density at radius 3 is 2.79 bits per heavy atom. The van der Waals surface area contributed by atoms with Gasteiger partial charge in [-0.05, 0) is 45.6 Å². The van der Waals surface area contributed by atoms with Gasteiger partial charge in [0.25, 0.3) is 0 Å². The lowest BCUT2D eigenvalue weighted by molar-refractivity contribution is 0.332. The number of rotatable bonds is 7. The number of nitrogens with zero attached hydrogens (tertiary/aromatic N) is 4. The standard InChI is InChI=1S/C22H32N6/c1-15(2)28-16(3)20(14-24-28)26-22-25-19(18-12-13-23-21(18)27-22)11-7-10-17-8-5-4-6-9-17/h12-15,17H,4-11H2,1-3H3,(H2,23,25,26,27). The van der Waals surface area contributed by atoms with Gasteiger partial charge in [0.2, 0.25) is 5.95 Å². The van der Waals surface area contributed by atoms with Crippen molar-refractivity contribution in [2.45, 2.75) is 78.2 Å². The van der Waals surface area contributed by atoms with Gasteiger partial charge in [-0.3, -0.25) is 4.68 Å². The van der Waals surface area contributed by atoms with E-state index in [1.165, 1.54) is 44.9 Å². The van der Waals surface area contributed by atoms with Crippen LogP contribution < -0.4 is 5.32 Å². The Morgan fingerprint density at radius 1 is 1.21 bits per heavy atom. The molecule has 1 fully saturated rings. The zero-order valence-corrected chi connectivity index (χ0v) is 17.3. The number of fused-ring (bicyclic) bond motifs is 1. The van der Waals surface area contributed by atoms with E-state index < -0.39 is 0 Å². The van der Waals surface area contributed by atoms with Crippen LogP contribution in [0.15, 0.2) is 18.5 Å². The molecule has 2 N–H and O–H groups in total. The van der Waals surface area contributed by atoms with Gasteiger partial charge in [-0.25, -0.2) is 4.98 Å². The summed E-state index contributed by atoms with van der Waals surface area (Å²) in [6, 6.07) is 2.43. The van der Waals surface area contributed by atoms with E-state index in [1.807, 2.05) is 17.1 Å². The monoisotopic (exact) mass is 380 g/mol. The molecule has 3 aromatic heterocycles. The molecule has 1 aliphatic rings. The summed E-state index contributed by atoms with van der Waals surface area (Å²) in [6.07, 6.45) is 14.4. The molecule has 0 aliphatic heterocycles. The van der Waals surface area contributed by atoms with Crippen molar-refractivity contribution in [1.29, 1.82) is 0 Å². The molecule has 28 heavy (non-hydrogen) atoms. The largest absolute Gasteiger partial charge is 0.346 e. The minimum atomic E-state index is 0.331. The topological polar surface area (TPSA) is 71.4 Å². The average Bonchev–Trinajstić information content (AvgIpc) is 3.30. The van der Waals surface area contributed by atoms with E-state index in [4.69, 9.17) is 4.98 Å². The van der Waals surface area contributed by atoms with Gasteiger partial charge in [0.05, 0.1) is 23.3 Å². The molecule has 6 heteroatoms. The van der Waals surface area contributed by atoms with Crippen molar-refractivity contribution >= 4 is 22.7 Å². The molecule has 6 nitrogen and oxygen atoms in total. The number of aromatic amines is 1. The van der Waals surface area contributed by atoms with Crippen LogP contribution in [0.1, 0.15) is 76.2 Å². The van der Waals surface area contributed by atoms with E-state index in [0.717, 1.165) is 40.4 Å². The maximum atomic E-state index is 4.87. The number of H-pyrrole nitrogens is 1. The molecule has 0 radical (unpaired) electrons. The number of hydrogen-bond acceptors (Lipinski definition) is 4. The predicted molar refractivity (Wildman–Crippen MR) is 114 cm³/mol. The van der Waals surface area contributed by atoms with Crippen LogP contribution in [0.5, 0.6) is 0 Å². The van der Waals surface area contributed by atoms with Crippen LogP contribution in [-0.4, -0.2) is 24.7 Å². The Hall–Kier alpha value is -2.37. The summed E-state index contributed by atoms with van der Waals surface area (Å²) in [4.78, 5) is 12.8. The fraction of sp³-hybridized carbons (Fsp3) is 0.591. The third-order valence-electron chi connectivity index (χ3n) is 6.03. The van der Waals surface area contributed by atoms with Crippen molar-refractivity contribution in [3.8, 4) is 0 Å². The second kappa shape index (κ2) is 8.33. The molecule has 3 aromatic rings. The minimum absolute atomic E-state index is 0.331. The Balaban J connectivity index is 1.50. The number of aryl methyl sites for hydroxylation is 1. The molecule has 0 saturated heterocycles. The van der Waals surface area contributed by atoms with Crippen molar-refractivity contribution in [3.63, 3.8) is 0 Å². The molecule has 1 aliphatic carbocycles. The Bertz CT molecular complexity index is 916. The third-order valence-corrected chi connectivity index (χ3v) is 6.03. The Morgan fingerprint density at radius 2 is 2.04 bits per heavy atom. The summed E-state index contributed by atoms with van der Waals surface area (Å²) >= 11 is 0. The van der Waals surface area contributed by atoms with E-state index in [2.05, 4.69) is 47.2 Å². The van der Waals surface area contributed by atoms with E-state index in [0.29, 0.717) is 12.0 Å². The molecule has 3 heterocycles. The number of nitrogens with one attached hydrogen (secondary N) is 2. The molecule has 150 valence electrons. The first-order valence-corrected chi connectivity index (χ1v) is 10.8. The highest BCUT2D eigenvalue weighted by molar-refractivity contribution is 5.79. The Kier molecular flexibility index (Phi) is 5.64. The summed E-state index contributed by atoms with van der Waals surface area (Å²) < 4.78 is 2.01. The van der Waals surface area contributed by atoms with E-state index in [-0.39, 0.29) is 0 Å². The van der Waals surface area contributed by atoms with Gasteiger partial charge in [0.15, 0.2) is 0 Å². The van der Waals surface area contributed by atoms with Crippen LogP contribution in [0.2, 0.25) is 0 Å². The van der Waals surface area contributed by atoms with Crippen LogP contribution in [-0.2, 0) is 6.42 Å². The lowest BCUT2D eigenvalue weighted by Gasteiger charge is -2.21. The van der Waals surface area contributed by atoms with Gasteiger partial charge in [0, 0.05) is 17.6 Å². The van der Waals surface area contributed by atoms with Gasteiger partial charge in [0.1, 0.15) is 5.65 Å². The average molecular weight is 381 g/mol. The summed E-state index contributed by atoms with van der Waals surface area (Å²) in [6.45, 7) is 6.35. The Labute approximate surface area is 167 Å². The molecule has 0 unspecified atom stereocenters. The van der Waals surface area contributed by atoms with Crippen LogP contribution in [0, 0.1) is 12.8 Å². The van der Waals surface area contributed by atoms with Crippen LogP contribution >= 0.6 is 0 Å². The highest BCUT2D eigenvalue weighted by Gasteiger charge is 2.15. The first-order chi connectivity index (χ1) is 13.6. The second-order valence-corrected chi connectivity index (χ2v) is 8.44. The van der Waals surface area contributed by atoms with Gasteiger partial charge in [-0.15, -0.1) is 0 Å². The number of hydrogen-bond donors (Lipinski definition) is 2. The fourth-order valence-corrected chi connectivity index (χ4v) is 4.47. The zero-order valence-electron chi connectivity index (χ0n) is 17.3. The quantitative estimate of drug-likeness (QED) is 0.552. The summed E-state index contributed by atoms with van der Waals surface area (Å²) in [5.74, 6) is 1.56. The second-order valence-electron chi connectivity index (χ2n) is 8.44. The predicted octanol–water partition coefficient (Wildman–Crippen LogP) is 5.69. The molecule has 0 aromatic carbocycles. The number of aromatic nitrogens is 5. The lowest BCUT2D eigenvalue weighted by Crippen LogP contribution is -2.07. The SMILES string of the molecule is Cc1c(Nc2nc(CCCC3CCCCC3)c3cc[nH]c3n2)cnn1C(C)C. The fourth-order valence-electron chi connectivity index (χ4n) is 4.47. The van der Waals surface area contributed by atoms with Crippen molar-refractivity contribution in [1.82, 2.24) is 24.7 Å². The maximum Gasteiger partial charge on any atom is 0.229 e. The molecule has 0 amide bonds. The molecule has 0 atom stereocenters. The summed E-state index contributed by atoms with van der Waals surface area (Å²) in [7, 11) is 0. The van der Waals surface area contributed by atoms with Gasteiger partial charge >= 0.3 is 0 Å². The van der Waals surface area contributed by atoms with E-state index in [1.54, 1.807) is 0 Å². The lowest BCUT2D eigenvalue weighted by atomic mass is 9.85. The maximum absolute atomic E-state index is 4.87. The van der Waals surface area contributed by atoms with Crippen LogP contribution in [0.3, 0.4) is 0 Å². The normalized spacial score (nSPS) is 15.6. The van der Waals surface area contributed by atoms with Gasteiger partial charge in [-0.2, -0.15) is 10.1 Å². The molecule has 0 bridgehead atoms. The van der Waals surface area contributed by atoms with Gasteiger partial charge in [-0.1, -0.05) is 38.5 Å². The highest BCUT2D eigenvalue weighted by atomic mass is 15.3. The van der Waals surface area contributed by atoms with Crippen LogP contribution in [0.25, 0.3) is 11.0 Å². The van der Waals surface area contributed by atoms with E-state index in [9.17, 15) is 0 Å². The van der Waals surface area contributed by atoms with Gasteiger partial charge < -0.3 is 10.3 Å². The summed E-state index contributed by atoms with van der Waals surface area (Å²) in [5.41, 5.74) is 4.11.